The summed E-state index contributed by atoms with van der Waals surface area (Å²) in [6, 6.07) is 6.27. The minimum atomic E-state index is -1.00. The molecule has 1 nitrogen and oxygen atoms in total. The van der Waals surface area contributed by atoms with Gasteiger partial charge in [-0.15, -0.1) is 0 Å². The monoisotopic (exact) mass is 365 g/mol. The van der Waals surface area contributed by atoms with Crippen LogP contribution < -0.4 is 5.73 Å². The predicted molar refractivity (Wildman–Crippen MR) is 76.6 cm³/mol. The van der Waals surface area contributed by atoms with Crippen LogP contribution in [0.1, 0.15) is 17.2 Å². The SMILES string of the molecule is NC(c1cc(F)c(F)cc1Cl)c1ccc(Cl)cc1Br. The first-order valence-corrected chi connectivity index (χ1v) is 6.80. The minimum Gasteiger partial charge on any atom is -0.320 e. The molecule has 0 saturated heterocycles. The van der Waals surface area contributed by atoms with Crippen molar-refractivity contribution in [1.29, 1.82) is 0 Å². The third-order valence-electron chi connectivity index (χ3n) is 2.67. The fourth-order valence-corrected chi connectivity index (χ4v) is 2.89. The molecule has 0 saturated carbocycles. The van der Waals surface area contributed by atoms with E-state index in [9.17, 15) is 8.78 Å². The van der Waals surface area contributed by atoms with Gasteiger partial charge in [0.2, 0.25) is 0 Å². The number of nitrogens with two attached hydrogens (primary N) is 1. The van der Waals surface area contributed by atoms with E-state index in [4.69, 9.17) is 28.9 Å². The van der Waals surface area contributed by atoms with Crippen LogP contribution in [0.5, 0.6) is 0 Å². The highest BCUT2D eigenvalue weighted by Crippen LogP contribution is 2.33. The van der Waals surface area contributed by atoms with Gasteiger partial charge in [-0.05, 0) is 35.4 Å². The molecule has 1 atom stereocenters. The van der Waals surface area contributed by atoms with Crippen molar-refractivity contribution < 1.29 is 8.78 Å². The third kappa shape index (κ3) is 3.08. The fourth-order valence-electron chi connectivity index (χ4n) is 1.70. The Morgan fingerprint density at radius 1 is 1.00 bits per heavy atom. The summed E-state index contributed by atoms with van der Waals surface area (Å²) in [6.45, 7) is 0. The summed E-state index contributed by atoms with van der Waals surface area (Å²) in [5, 5.41) is 0.618. The van der Waals surface area contributed by atoms with Crippen LogP contribution >= 0.6 is 39.1 Å². The molecule has 0 radical (unpaired) electrons. The summed E-state index contributed by atoms with van der Waals surface area (Å²) in [5.74, 6) is -1.99. The molecule has 2 N–H and O–H groups in total. The normalized spacial score (nSPS) is 12.5. The standard InChI is InChI=1S/C13H8BrCl2F2N/c14-9-3-6(15)1-2-7(9)13(19)8-4-11(17)12(18)5-10(8)16/h1-5,13H,19H2. The van der Waals surface area contributed by atoms with Gasteiger partial charge in [0.1, 0.15) is 0 Å². The van der Waals surface area contributed by atoms with Crippen LogP contribution in [0.2, 0.25) is 10.0 Å². The first kappa shape index (κ1) is 14.7. The van der Waals surface area contributed by atoms with E-state index in [0.29, 0.717) is 20.6 Å². The van der Waals surface area contributed by atoms with E-state index in [-0.39, 0.29) is 5.02 Å². The van der Waals surface area contributed by atoms with E-state index in [1.165, 1.54) is 0 Å². The van der Waals surface area contributed by atoms with Crippen molar-refractivity contribution in [3.8, 4) is 0 Å². The van der Waals surface area contributed by atoms with Crippen LogP contribution in [0.4, 0.5) is 8.78 Å². The highest BCUT2D eigenvalue weighted by molar-refractivity contribution is 9.10. The molecule has 1 unspecified atom stereocenters. The van der Waals surface area contributed by atoms with E-state index in [0.717, 1.165) is 12.1 Å². The zero-order valence-electron chi connectivity index (χ0n) is 9.43. The highest BCUT2D eigenvalue weighted by atomic mass is 79.9. The van der Waals surface area contributed by atoms with Crippen LogP contribution in [0.3, 0.4) is 0 Å². The molecule has 0 aliphatic rings. The number of rotatable bonds is 2. The molecule has 2 aromatic rings. The Hall–Kier alpha value is -0.680. The summed E-state index contributed by atoms with van der Waals surface area (Å²) in [7, 11) is 0. The smallest absolute Gasteiger partial charge is 0.160 e. The Morgan fingerprint density at radius 2 is 1.63 bits per heavy atom. The van der Waals surface area contributed by atoms with E-state index in [2.05, 4.69) is 15.9 Å². The Bertz CT molecular complexity index is 634. The average Bonchev–Trinajstić information content (AvgIpc) is 2.33. The van der Waals surface area contributed by atoms with Crippen LogP contribution in [0, 0.1) is 11.6 Å². The second-order valence-corrected chi connectivity index (χ2v) is 5.63. The molecule has 2 rings (SSSR count). The van der Waals surface area contributed by atoms with E-state index < -0.39 is 17.7 Å². The lowest BCUT2D eigenvalue weighted by Crippen LogP contribution is -2.13. The Balaban J connectivity index is 2.49. The molecule has 19 heavy (non-hydrogen) atoms. The first-order valence-electron chi connectivity index (χ1n) is 5.25. The van der Waals surface area contributed by atoms with Crippen LogP contribution in [0.15, 0.2) is 34.8 Å². The van der Waals surface area contributed by atoms with Crippen molar-refractivity contribution in [2.45, 2.75) is 6.04 Å². The van der Waals surface area contributed by atoms with Crippen molar-refractivity contribution in [2.75, 3.05) is 0 Å². The topological polar surface area (TPSA) is 26.0 Å². The summed E-state index contributed by atoms with van der Waals surface area (Å²) in [5.41, 5.74) is 7.03. The van der Waals surface area contributed by atoms with E-state index in [1.54, 1.807) is 18.2 Å². The molecule has 0 aliphatic carbocycles. The van der Waals surface area contributed by atoms with Crippen LogP contribution in [-0.4, -0.2) is 0 Å². The Kier molecular flexibility index (Phi) is 4.46. The van der Waals surface area contributed by atoms with Gasteiger partial charge in [-0.1, -0.05) is 45.2 Å². The quantitative estimate of drug-likeness (QED) is 0.736. The van der Waals surface area contributed by atoms with Crippen molar-refractivity contribution >= 4 is 39.1 Å². The molecule has 2 aromatic carbocycles. The van der Waals surface area contributed by atoms with E-state index >= 15 is 0 Å². The van der Waals surface area contributed by atoms with Crippen molar-refractivity contribution in [1.82, 2.24) is 0 Å². The zero-order chi connectivity index (χ0) is 14.2. The lowest BCUT2D eigenvalue weighted by Gasteiger charge is -2.16. The first-order chi connectivity index (χ1) is 8.90. The van der Waals surface area contributed by atoms with Gasteiger partial charge in [0.05, 0.1) is 6.04 Å². The maximum absolute atomic E-state index is 13.3. The molecule has 6 heteroatoms. The van der Waals surface area contributed by atoms with Crippen LogP contribution in [0.25, 0.3) is 0 Å². The lowest BCUT2D eigenvalue weighted by molar-refractivity contribution is 0.506. The van der Waals surface area contributed by atoms with Crippen LogP contribution in [-0.2, 0) is 0 Å². The molecule has 0 amide bonds. The summed E-state index contributed by atoms with van der Waals surface area (Å²) in [4.78, 5) is 0. The highest BCUT2D eigenvalue weighted by Gasteiger charge is 2.18. The molecule has 0 heterocycles. The molecular formula is C13H8BrCl2F2N. The average molecular weight is 367 g/mol. The van der Waals surface area contributed by atoms with Gasteiger partial charge in [-0.3, -0.25) is 0 Å². The predicted octanol–water partition coefficient (Wildman–Crippen LogP) is 5.08. The Morgan fingerprint density at radius 3 is 2.26 bits per heavy atom. The second kappa shape index (κ2) is 5.75. The summed E-state index contributed by atoms with van der Waals surface area (Å²) < 4.78 is 27.0. The number of hydrogen-bond acceptors (Lipinski definition) is 1. The fraction of sp³-hybridized carbons (Fsp3) is 0.0769. The summed E-state index contributed by atoms with van der Waals surface area (Å²) >= 11 is 15.1. The van der Waals surface area contributed by atoms with Gasteiger partial charge in [-0.2, -0.15) is 0 Å². The molecule has 100 valence electrons. The van der Waals surface area contributed by atoms with Gasteiger partial charge in [-0.25, -0.2) is 8.78 Å². The van der Waals surface area contributed by atoms with E-state index in [1.807, 2.05) is 0 Å². The van der Waals surface area contributed by atoms with Gasteiger partial charge in [0, 0.05) is 14.5 Å². The number of hydrogen-bond donors (Lipinski definition) is 1. The number of benzene rings is 2. The Labute approximate surface area is 127 Å². The molecule has 0 aliphatic heterocycles. The maximum Gasteiger partial charge on any atom is 0.160 e. The second-order valence-electron chi connectivity index (χ2n) is 3.93. The molecular weight excluding hydrogens is 359 g/mol. The molecule has 0 fully saturated rings. The summed E-state index contributed by atoms with van der Waals surface area (Å²) in [6.07, 6.45) is 0. The number of halogens is 5. The largest absolute Gasteiger partial charge is 0.320 e. The van der Waals surface area contributed by atoms with Gasteiger partial charge >= 0.3 is 0 Å². The van der Waals surface area contributed by atoms with Gasteiger partial charge in [0.15, 0.2) is 11.6 Å². The van der Waals surface area contributed by atoms with Gasteiger partial charge in [0.25, 0.3) is 0 Å². The minimum absolute atomic E-state index is 0.0771. The lowest BCUT2D eigenvalue weighted by atomic mass is 9.99. The zero-order valence-corrected chi connectivity index (χ0v) is 12.5. The van der Waals surface area contributed by atoms with Crippen molar-refractivity contribution in [3.05, 3.63) is 67.6 Å². The van der Waals surface area contributed by atoms with Crippen molar-refractivity contribution in [3.63, 3.8) is 0 Å². The molecule has 0 spiro atoms. The third-order valence-corrected chi connectivity index (χ3v) is 3.92. The van der Waals surface area contributed by atoms with Gasteiger partial charge < -0.3 is 5.73 Å². The molecule has 0 aromatic heterocycles. The maximum atomic E-state index is 13.3. The molecule has 0 bridgehead atoms. The van der Waals surface area contributed by atoms with Crippen molar-refractivity contribution in [2.24, 2.45) is 5.73 Å².